The van der Waals surface area contributed by atoms with Gasteiger partial charge in [-0.3, -0.25) is 0 Å². The molecule has 4 nitrogen and oxygen atoms in total. The van der Waals surface area contributed by atoms with Crippen molar-refractivity contribution in [1.29, 1.82) is 0 Å². The molecule has 1 N–H and O–H groups in total. The third-order valence-electron chi connectivity index (χ3n) is 3.11. The van der Waals surface area contributed by atoms with E-state index in [4.69, 9.17) is 4.74 Å². The number of benzene rings is 1. The summed E-state index contributed by atoms with van der Waals surface area (Å²) in [5.41, 5.74) is 0.896. The van der Waals surface area contributed by atoms with Crippen LogP contribution in [0.3, 0.4) is 0 Å². The van der Waals surface area contributed by atoms with Crippen molar-refractivity contribution in [3.8, 4) is 0 Å². The van der Waals surface area contributed by atoms with E-state index in [1.54, 1.807) is 0 Å². The fraction of sp³-hybridized carbons (Fsp3) is 0.462. The minimum absolute atomic E-state index is 0.170. The molecule has 1 heterocycles. The molecule has 0 aliphatic carbocycles. The molecule has 1 radical (unpaired) electrons. The third-order valence-corrected chi connectivity index (χ3v) is 3.11. The van der Waals surface area contributed by atoms with Crippen molar-refractivity contribution in [1.82, 2.24) is 9.80 Å². The lowest BCUT2D eigenvalue weighted by molar-refractivity contribution is 0.103. The maximum Gasteiger partial charge on any atom is 0.521 e. The zero-order valence-electron chi connectivity index (χ0n) is 10.1. The van der Waals surface area contributed by atoms with Crippen LogP contribution in [0.4, 0.5) is 10.5 Å². The minimum atomic E-state index is -0.170. The molecule has 1 amide bonds. The number of ether oxygens (including phenoxy) is 1. The Kier molecular flexibility index (Phi) is 3.76. The Balaban J connectivity index is 2.33. The second kappa shape index (κ2) is 5.29. The molecule has 2 rings (SSSR count). The van der Waals surface area contributed by atoms with Gasteiger partial charge in [0.15, 0.2) is 5.69 Å². The molecule has 1 saturated heterocycles. The number of carbonyl (C=O) groups is 1. The van der Waals surface area contributed by atoms with Gasteiger partial charge in [-0.1, -0.05) is 12.1 Å². The first-order valence-electron chi connectivity index (χ1n) is 6.02. The third kappa shape index (κ3) is 2.33. The molecule has 1 aromatic carbocycles. The van der Waals surface area contributed by atoms with Gasteiger partial charge in [0.2, 0.25) is 0 Å². The lowest BCUT2D eigenvalue weighted by atomic mass is 10.2. The number of amides is 1. The van der Waals surface area contributed by atoms with Gasteiger partial charge in [0.1, 0.15) is 13.1 Å². The molecular formula is C13H18N2O2+. The van der Waals surface area contributed by atoms with Crippen LogP contribution in [0.25, 0.3) is 0 Å². The van der Waals surface area contributed by atoms with Gasteiger partial charge >= 0.3 is 6.09 Å². The summed E-state index contributed by atoms with van der Waals surface area (Å²) >= 11 is 0. The number of nitrogens with one attached hydrogen (secondary N) is 1. The Bertz CT molecular complexity index is 372. The molecule has 0 unspecified atom stereocenters. The smallest absolute Gasteiger partial charge is 0.420 e. The van der Waals surface area contributed by atoms with Gasteiger partial charge in [0.05, 0.1) is 6.61 Å². The van der Waals surface area contributed by atoms with E-state index in [0.29, 0.717) is 6.61 Å². The van der Waals surface area contributed by atoms with Gasteiger partial charge in [-0.15, -0.1) is 0 Å². The number of quaternary nitrogens is 1. The molecule has 0 bridgehead atoms. The maximum absolute atomic E-state index is 12.2. The Morgan fingerprint density at radius 3 is 2.82 bits per heavy atom. The molecule has 4 heteroatoms. The summed E-state index contributed by atoms with van der Waals surface area (Å²) in [5.74, 6) is 0. The van der Waals surface area contributed by atoms with Gasteiger partial charge in [-0.05, 0) is 13.0 Å². The summed E-state index contributed by atoms with van der Waals surface area (Å²) in [6.07, 6.45) is -0.170. The van der Waals surface area contributed by atoms with Gasteiger partial charge in [0.25, 0.3) is 0 Å². The van der Waals surface area contributed by atoms with Crippen LogP contribution in [0.5, 0.6) is 0 Å². The largest absolute Gasteiger partial charge is 0.521 e. The zero-order chi connectivity index (χ0) is 12.1. The zero-order valence-corrected chi connectivity index (χ0v) is 10.1. The van der Waals surface area contributed by atoms with Gasteiger partial charge in [0, 0.05) is 25.2 Å². The van der Waals surface area contributed by atoms with E-state index < -0.39 is 0 Å². The number of piperazine rings is 1. The first-order valence-corrected chi connectivity index (χ1v) is 6.02. The van der Waals surface area contributed by atoms with Crippen LogP contribution in [0.1, 0.15) is 6.92 Å². The van der Waals surface area contributed by atoms with Crippen LogP contribution in [0.15, 0.2) is 24.3 Å². The lowest BCUT2D eigenvalue weighted by Crippen LogP contribution is -2.63. The van der Waals surface area contributed by atoms with E-state index in [9.17, 15) is 4.79 Å². The average Bonchev–Trinajstić information content (AvgIpc) is 2.41. The van der Waals surface area contributed by atoms with E-state index in [-0.39, 0.29) is 10.6 Å². The summed E-state index contributed by atoms with van der Waals surface area (Å²) in [7, 11) is 0. The fourth-order valence-electron chi connectivity index (χ4n) is 2.20. The average molecular weight is 234 g/mol. The molecule has 91 valence electrons. The van der Waals surface area contributed by atoms with Crippen molar-refractivity contribution >= 4 is 11.8 Å². The molecular weight excluding hydrogens is 216 g/mol. The summed E-state index contributed by atoms with van der Waals surface area (Å²) in [5, 5.41) is 3.27. The number of hydrogen-bond donors (Lipinski definition) is 1. The van der Waals surface area contributed by atoms with Crippen LogP contribution in [-0.2, 0) is 4.74 Å². The lowest BCUT2D eigenvalue weighted by Gasteiger charge is -2.36. The molecule has 0 saturated carbocycles. The normalized spacial score (nSPS) is 18.6. The molecule has 0 spiro atoms. The van der Waals surface area contributed by atoms with Crippen LogP contribution in [0.2, 0.25) is 0 Å². The Morgan fingerprint density at radius 1 is 1.47 bits per heavy atom. The Labute approximate surface area is 102 Å². The molecule has 1 aromatic rings. The summed E-state index contributed by atoms with van der Waals surface area (Å²) in [4.78, 5) is 12.2. The quantitative estimate of drug-likeness (QED) is 0.789. The highest BCUT2D eigenvalue weighted by Gasteiger charge is 2.42. The number of nitrogens with zero attached hydrogens (tertiary/aromatic N) is 1. The highest BCUT2D eigenvalue weighted by atomic mass is 16.6. The van der Waals surface area contributed by atoms with E-state index in [1.165, 1.54) is 0 Å². The SMILES string of the molecule is CCOC(=O)[N+]1(c2[c]cccc2)CCNCC1. The Hall–Kier alpha value is -1.39. The molecule has 1 aliphatic heterocycles. The standard InChI is InChI=1S/C13H18N2O2/c1-2-17-13(16)15(10-8-14-9-11-15)12-6-4-3-5-7-12/h3-6,14H,2,8-11H2,1H3/q+1. The monoisotopic (exact) mass is 234 g/mol. The number of hydrogen-bond acceptors (Lipinski definition) is 3. The van der Waals surface area contributed by atoms with Crippen molar-refractivity contribution in [3.05, 3.63) is 30.3 Å². The molecule has 0 aromatic heterocycles. The summed E-state index contributed by atoms with van der Waals surface area (Å²) in [6, 6.07) is 10.8. The van der Waals surface area contributed by atoms with Crippen molar-refractivity contribution in [2.24, 2.45) is 0 Å². The van der Waals surface area contributed by atoms with Gasteiger partial charge < -0.3 is 10.1 Å². The van der Waals surface area contributed by atoms with Gasteiger partial charge in [-0.25, -0.2) is 0 Å². The Morgan fingerprint density at radius 2 is 2.24 bits per heavy atom. The first kappa shape index (κ1) is 12.1. The predicted octanol–water partition coefficient (Wildman–Crippen LogP) is 1.55. The van der Waals surface area contributed by atoms with E-state index >= 15 is 0 Å². The topological polar surface area (TPSA) is 38.3 Å². The van der Waals surface area contributed by atoms with Crippen molar-refractivity contribution in [2.75, 3.05) is 32.8 Å². The van der Waals surface area contributed by atoms with Crippen molar-refractivity contribution < 1.29 is 9.53 Å². The first-order chi connectivity index (χ1) is 8.29. The molecule has 17 heavy (non-hydrogen) atoms. The molecule has 1 aliphatic rings. The number of carbonyl (C=O) groups excluding carboxylic acids is 1. The second-order valence-corrected chi connectivity index (χ2v) is 4.11. The van der Waals surface area contributed by atoms with Crippen LogP contribution in [-0.4, -0.2) is 38.9 Å². The van der Waals surface area contributed by atoms with Gasteiger partial charge in [-0.2, -0.15) is 9.28 Å². The predicted molar refractivity (Wildman–Crippen MR) is 66.7 cm³/mol. The number of rotatable bonds is 2. The second-order valence-electron chi connectivity index (χ2n) is 4.11. The highest BCUT2D eigenvalue weighted by molar-refractivity contribution is 5.82. The van der Waals surface area contributed by atoms with Crippen LogP contribution < -0.4 is 9.80 Å². The summed E-state index contributed by atoms with van der Waals surface area (Å²) in [6.45, 7) is 5.34. The fourth-order valence-corrected chi connectivity index (χ4v) is 2.20. The van der Waals surface area contributed by atoms with Crippen LogP contribution in [0, 0.1) is 6.07 Å². The summed E-state index contributed by atoms with van der Waals surface area (Å²) < 4.78 is 5.48. The highest BCUT2D eigenvalue weighted by Crippen LogP contribution is 2.24. The van der Waals surface area contributed by atoms with E-state index in [0.717, 1.165) is 31.9 Å². The molecule has 0 atom stereocenters. The molecule has 1 fully saturated rings. The van der Waals surface area contributed by atoms with E-state index in [2.05, 4.69) is 11.4 Å². The number of para-hydroxylation sites is 1. The van der Waals surface area contributed by atoms with Crippen LogP contribution >= 0.6 is 0 Å². The minimum Gasteiger partial charge on any atom is -0.420 e. The maximum atomic E-state index is 12.2. The van der Waals surface area contributed by atoms with Crippen molar-refractivity contribution in [2.45, 2.75) is 6.92 Å². The van der Waals surface area contributed by atoms with E-state index in [1.807, 2.05) is 31.2 Å². The van der Waals surface area contributed by atoms with Crippen molar-refractivity contribution in [3.63, 3.8) is 0 Å².